The van der Waals surface area contributed by atoms with Gasteiger partial charge in [0.05, 0.1) is 17.5 Å². The molecule has 1 N–H and O–H groups in total. The highest BCUT2D eigenvalue weighted by Gasteiger charge is 2.23. The largest absolute Gasteiger partial charge is 0.482 e. The molecule has 0 aliphatic carbocycles. The maximum Gasteiger partial charge on any atom is 0.262 e. The van der Waals surface area contributed by atoms with E-state index in [1.165, 1.54) is 11.8 Å². The lowest BCUT2D eigenvalue weighted by Crippen LogP contribution is -2.25. The van der Waals surface area contributed by atoms with Crippen LogP contribution in [0.25, 0.3) is 0 Å². The lowest BCUT2D eigenvalue weighted by molar-refractivity contribution is -0.118. The van der Waals surface area contributed by atoms with Gasteiger partial charge in [0.15, 0.2) is 17.5 Å². The fourth-order valence-corrected chi connectivity index (χ4v) is 4.05. The van der Waals surface area contributed by atoms with E-state index in [4.69, 9.17) is 4.74 Å². The number of ether oxygens (including phenoxy) is 1. The minimum absolute atomic E-state index is 0.0109. The zero-order chi connectivity index (χ0) is 20.4. The molecule has 0 saturated carbocycles. The second-order valence-corrected chi connectivity index (χ2v) is 8.08. The molecule has 29 heavy (non-hydrogen) atoms. The number of aromatic nitrogens is 3. The molecule has 0 saturated heterocycles. The zero-order valence-corrected chi connectivity index (χ0v) is 16.9. The number of amides is 1. The molecular formula is C21H20N4O3S. The van der Waals surface area contributed by atoms with Crippen molar-refractivity contribution in [3.8, 4) is 5.75 Å². The van der Waals surface area contributed by atoms with Gasteiger partial charge in [0.1, 0.15) is 11.6 Å². The van der Waals surface area contributed by atoms with Crippen molar-refractivity contribution in [3.63, 3.8) is 0 Å². The molecule has 148 valence electrons. The molecule has 1 atom stereocenters. The normalized spacial score (nSPS) is 13.9. The minimum atomic E-state index is -0.369. The van der Waals surface area contributed by atoms with E-state index >= 15 is 0 Å². The number of ketones is 1. The van der Waals surface area contributed by atoms with Gasteiger partial charge in [-0.15, -0.1) is 10.2 Å². The molecule has 0 radical (unpaired) electrons. The van der Waals surface area contributed by atoms with Crippen molar-refractivity contribution in [1.82, 2.24) is 14.8 Å². The Labute approximate surface area is 172 Å². The van der Waals surface area contributed by atoms with E-state index in [0.717, 1.165) is 11.4 Å². The number of benzene rings is 2. The van der Waals surface area contributed by atoms with E-state index in [0.29, 0.717) is 28.7 Å². The molecule has 1 aromatic heterocycles. The van der Waals surface area contributed by atoms with Crippen LogP contribution in [0, 0.1) is 6.92 Å². The molecule has 4 rings (SSSR count). The second-order valence-electron chi connectivity index (χ2n) is 6.77. The summed E-state index contributed by atoms with van der Waals surface area (Å²) in [6.45, 7) is 4.38. The number of nitrogens with zero attached hydrogens (tertiary/aromatic N) is 3. The van der Waals surface area contributed by atoms with Crippen LogP contribution in [-0.4, -0.2) is 38.3 Å². The summed E-state index contributed by atoms with van der Waals surface area (Å²) < 4.78 is 7.36. The second kappa shape index (κ2) is 8.08. The van der Waals surface area contributed by atoms with Gasteiger partial charge in [0, 0.05) is 5.56 Å². The fourth-order valence-electron chi connectivity index (χ4n) is 3.08. The molecule has 1 amide bonds. The van der Waals surface area contributed by atoms with Gasteiger partial charge in [-0.05, 0) is 37.6 Å². The molecule has 3 aromatic rings. The maximum absolute atomic E-state index is 13.0. The Morgan fingerprint density at radius 3 is 2.83 bits per heavy atom. The molecule has 0 fully saturated rings. The highest BCUT2D eigenvalue weighted by Crippen LogP contribution is 2.31. The Morgan fingerprint density at radius 2 is 2.03 bits per heavy atom. The number of hydrogen-bond acceptors (Lipinski definition) is 6. The Balaban J connectivity index is 1.51. The summed E-state index contributed by atoms with van der Waals surface area (Å²) in [4.78, 5) is 24.5. The zero-order valence-electron chi connectivity index (χ0n) is 16.1. The Hall–Kier alpha value is -3.13. The average Bonchev–Trinajstić information content (AvgIpc) is 3.07. The van der Waals surface area contributed by atoms with Gasteiger partial charge >= 0.3 is 0 Å². The van der Waals surface area contributed by atoms with Crippen LogP contribution in [-0.2, 0) is 11.3 Å². The monoisotopic (exact) mass is 408 g/mol. The quantitative estimate of drug-likeness (QED) is 0.497. The topological polar surface area (TPSA) is 86.1 Å². The average molecular weight is 408 g/mol. The van der Waals surface area contributed by atoms with E-state index < -0.39 is 0 Å². The molecule has 1 aliphatic rings. The number of thioether (sulfide) groups is 1. The highest BCUT2D eigenvalue weighted by molar-refractivity contribution is 8.00. The third kappa shape index (κ3) is 4.17. The first-order valence-electron chi connectivity index (χ1n) is 9.22. The first-order chi connectivity index (χ1) is 14.0. The van der Waals surface area contributed by atoms with Crippen LogP contribution in [0.5, 0.6) is 5.75 Å². The number of anilines is 1. The summed E-state index contributed by atoms with van der Waals surface area (Å²) in [6, 6.07) is 15.1. The Kier molecular flexibility index (Phi) is 5.35. The molecule has 0 bridgehead atoms. The Bertz CT molecular complexity index is 1070. The van der Waals surface area contributed by atoms with Crippen molar-refractivity contribution in [2.24, 2.45) is 0 Å². The van der Waals surface area contributed by atoms with Crippen LogP contribution in [0.3, 0.4) is 0 Å². The molecule has 8 heteroatoms. The van der Waals surface area contributed by atoms with E-state index in [1.54, 1.807) is 18.2 Å². The van der Waals surface area contributed by atoms with Crippen LogP contribution < -0.4 is 10.1 Å². The van der Waals surface area contributed by atoms with Gasteiger partial charge in [-0.25, -0.2) is 0 Å². The highest BCUT2D eigenvalue weighted by atomic mass is 32.2. The molecule has 0 spiro atoms. The number of rotatable bonds is 6. The van der Waals surface area contributed by atoms with Crippen molar-refractivity contribution >= 4 is 29.1 Å². The van der Waals surface area contributed by atoms with Gasteiger partial charge in [0.2, 0.25) is 0 Å². The van der Waals surface area contributed by atoms with E-state index in [1.807, 2.05) is 48.7 Å². The molecular weight excluding hydrogens is 388 g/mol. The minimum Gasteiger partial charge on any atom is -0.482 e. The summed E-state index contributed by atoms with van der Waals surface area (Å²) in [7, 11) is 0. The predicted octanol–water partition coefficient (Wildman–Crippen LogP) is 3.33. The third-order valence-electron chi connectivity index (χ3n) is 4.63. The number of carbonyl (C=O) groups is 2. The number of Topliss-reactive ketones (excluding diaryl/α,β-unsaturated/α-hetero) is 1. The van der Waals surface area contributed by atoms with Gasteiger partial charge in [-0.1, -0.05) is 42.1 Å². The van der Waals surface area contributed by atoms with Gasteiger partial charge in [-0.3, -0.25) is 9.59 Å². The summed E-state index contributed by atoms with van der Waals surface area (Å²) in [5.41, 5.74) is 2.18. The van der Waals surface area contributed by atoms with Crippen molar-refractivity contribution in [3.05, 3.63) is 65.5 Å². The molecule has 2 heterocycles. The molecule has 1 aliphatic heterocycles. The van der Waals surface area contributed by atoms with Crippen LogP contribution in [0.1, 0.15) is 28.7 Å². The van der Waals surface area contributed by atoms with Gasteiger partial charge in [0.25, 0.3) is 5.91 Å². The summed E-state index contributed by atoms with van der Waals surface area (Å²) in [5.74, 6) is 1.09. The SMILES string of the molecule is Cc1nnc(SC(C)C(=O)c2ccc3c(c2)NC(=O)CO3)n1Cc1ccccc1. The van der Waals surface area contributed by atoms with Crippen LogP contribution in [0.2, 0.25) is 0 Å². The lowest BCUT2D eigenvalue weighted by atomic mass is 10.1. The maximum atomic E-state index is 13.0. The number of hydrogen-bond donors (Lipinski definition) is 1. The van der Waals surface area contributed by atoms with E-state index in [9.17, 15) is 9.59 Å². The van der Waals surface area contributed by atoms with Crippen molar-refractivity contribution in [2.75, 3.05) is 11.9 Å². The fraction of sp³-hybridized carbons (Fsp3) is 0.238. The first-order valence-corrected chi connectivity index (χ1v) is 10.1. The van der Waals surface area contributed by atoms with Gasteiger partial charge < -0.3 is 14.6 Å². The predicted molar refractivity (Wildman–Crippen MR) is 111 cm³/mol. The van der Waals surface area contributed by atoms with Crippen molar-refractivity contribution < 1.29 is 14.3 Å². The summed E-state index contributed by atoms with van der Waals surface area (Å²) in [5, 5.41) is 11.5. The smallest absolute Gasteiger partial charge is 0.262 e. The van der Waals surface area contributed by atoms with Crippen LogP contribution in [0.15, 0.2) is 53.7 Å². The third-order valence-corrected chi connectivity index (χ3v) is 5.71. The lowest BCUT2D eigenvalue weighted by Gasteiger charge is -2.19. The Morgan fingerprint density at radius 1 is 1.24 bits per heavy atom. The van der Waals surface area contributed by atoms with E-state index in [-0.39, 0.29) is 23.5 Å². The molecule has 2 aromatic carbocycles. The van der Waals surface area contributed by atoms with Gasteiger partial charge in [-0.2, -0.15) is 0 Å². The van der Waals surface area contributed by atoms with Crippen LogP contribution in [0.4, 0.5) is 5.69 Å². The first kappa shape index (κ1) is 19.2. The van der Waals surface area contributed by atoms with E-state index in [2.05, 4.69) is 15.5 Å². The number of nitrogens with one attached hydrogen (secondary N) is 1. The number of fused-ring (bicyclic) bond motifs is 1. The summed E-state index contributed by atoms with van der Waals surface area (Å²) in [6.07, 6.45) is 0. The van der Waals surface area contributed by atoms with Crippen LogP contribution >= 0.6 is 11.8 Å². The summed E-state index contributed by atoms with van der Waals surface area (Å²) >= 11 is 1.37. The molecule has 1 unspecified atom stereocenters. The molecule has 7 nitrogen and oxygen atoms in total. The number of aryl methyl sites for hydroxylation is 1. The van der Waals surface area contributed by atoms with Crippen molar-refractivity contribution in [1.29, 1.82) is 0 Å². The standard InChI is InChI=1S/C21H20N4O3S/c1-13(20(27)16-8-9-18-17(10-16)22-19(26)12-28-18)29-21-24-23-14(2)25(21)11-15-6-4-3-5-7-15/h3-10,13H,11-12H2,1-2H3,(H,22,26). The number of carbonyl (C=O) groups excluding carboxylic acids is 2. The van der Waals surface area contributed by atoms with Crippen molar-refractivity contribution in [2.45, 2.75) is 30.8 Å².